The number of hydrogen-bond acceptors (Lipinski definition) is 5. The van der Waals surface area contributed by atoms with E-state index in [-0.39, 0.29) is 16.8 Å². The molecular formula is C17H12ClN3O3S2. The molecule has 3 aromatic rings. The summed E-state index contributed by atoms with van der Waals surface area (Å²) < 4.78 is 5.03. The van der Waals surface area contributed by atoms with E-state index in [2.05, 4.69) is 16.0 Å². The summed E-state index contributed by atoms with van der Waals surface area (Å²) in [5.41, 5.74) is 0.995. The second-order valence-corrected chi connectivity index (χ2v) is 6.77. The Hall–Kier alpha value is -2.68. The largest absolute Gasteiger partial charge is 0.459 e. The molecule has 0 atom stereocenters. The molecule has 0 fully saturated rings. The van der Waals surface area contributed by atoms with Gasteiger partial charge in [-0.1, -0.05) is 17.7 Å². The lowest BCUT2D eigenvalue weighted by atomic mass is 10.2. The van der Waals surface area contributed by atoms with Crippen molar-refractivity contribution < 1.29 is 14.0 Å². The van der Waals surface area contributed by atoms with Gasteiger partial charge in [0.1, 0.15) is 0 Å². The van der Waals surface area contributed by atoms with E-state index in [1.54, 1.807) is 47.8 Å². The molecule has 0 saturated heterocycles. The van der Waals surface area contributed by atoms with Gasteiger partial charge in [-0.15, -0.1) is 11.3 Å². The molecular weight excluding hydrogens is 394 g/mol. The molecule has 132 valence electrons. The summed E-state index contributed by atoms with van der Waals surface area (Å²) >= 11 is 12.6. The molecule has 2 heterocycles. The van der Waals surface area contributed by atoms with Gasteiger partial charge < -0.3 is 15.1 Å². The molecule has 3 rings (SSSR count). The van der Waals surface area contributed by atoms with E-state index >= 15 is 0 Å². The first-order chi connectivity index (χ1) is 12.5. The van der Waals surface area contributed by atoms with Gasteiger partial charge in [0.05, 0.1) is 21.9 Å². The van der Waals surface area contributed by atoms with Crippen molar-refractivity contribution in [1.29, 1.82) is 0 Å². The molecule has 2 aromatic heterocycles. The summed E-state index contributed by atoms with van der Waals surface area (Å²) in [7, 11) is 0. The van der Waals surface area contributed by atoms with Crippen molar-refractivity contribution in [3.05, 3.63) is 69.8 Å². The number of carbonyl (C=O) groups is 2. The molecule has 0 spiro atoms. The van der Waals surface area contributed by atoms with E-state index in [9.17, 15) is 9.59 Å². The van der Waals surface area contributed by atoms with Gasteiger partial charge >= 0.3 is 0 Å². The van der Waals surface area contributed by atoms with Gasteiger partial charge in [0.2, 0.25) is 0 Å². The monoisotopic (exact) mass is 405 g/mol. The Morgan fingerprint density at radius 3 is 2.58 bits per heavy atom. The predicted molar refractivity (Wildman–Crippen MR) is 106 cm³/mol. The van der Waals surface area contributed by atoms with E-state index in [4.69, 9.17) is 28.2 Å². The quantitative estimate of drug-likeness (QED) is 0.561. The van der Waals surface area contributed by atoms with Gasteiger partial charge in [-0.05, 0) is 54.0 Å². The second kappa shape index (κ2) is 8.13. The zero-order valence-corrected chi connectivity index (χ0v) is 15.5. The molecule has 0 radical (unpaired) electrons. The van der Waals surface area contributed by atoms with Crippen LogP contribution in [0.25, 0.3) is 0 Å². The fraction of sp³-hybridized carbons (Fsp3) is 0. The lowest BCUT2D eigenvalue weighted by Gasteiger charge is -2.11. The number of thiophene rings is 1. The number of furan rings is 1. The van der Waals surface area contributed by atoms with Crippen LogP contribution in [-0.4, -0.2) is 16.9 Å². The van der Waals surface area contributed by atoms with Crippen molar-refractivity contribution in [3.8, 4) is 0 Å². The van der Waals surface area contributed by atoms with Gasteiger partial charge in [-0.2, -0.15) is 0 Å². The number of rotatable bonds is 4. The fourth-order valence-corrected chi connectivity index (χ4v) is 3.08. The highest BCUT2D eigenvalue weighted by molar-refractivity contribution is 7.80. The van der Waals surface area contributed by atoms with Gasteiger partial charge in [-0.3, -0.25) is 14.9 Å². The van der Waals surface area contributed by atoms with E-state index in [1.807, 2.05) is 0 Å². The van der Waals surface area contributed by atoms with Crippen LogP contribution in [0.1, 0.15) is 20.2 Å². The fourth-order valence-electron chi connectivity index (χ4n) is 2.02. The number of nitrogens with one attached hydrogen (secondary N) is 3. The zero-order chi connectivity index (χ0) is 18.5. The minimum absolute atomic E-state index is 0.145. The highest BCUT2D eigenvalue weighted by Gasteiger charge is 2.12. The van der Waals surface area contributed by atoms with Crippen LogP contribution in [-0.2, 0) is 0 Å². The van der Waals surface area contributed by atoms with Crippen molar-refractivity contribution in [2.24, 2.45) is 0 Å². The number of anilines is 2. The van der Waals surface area contributed by atoms with E-state index in [0.717, 1.165) is 0 Å². The standard InChI is InChI=1S/C17H12ClN3O3S2/c18-11-9-10(19-17(25)21-16(23)14-4-2-8-26-14)5-6-12(11)20-15(22)13-3-1-7-24-13/h1-9H,(H,20,22)(H2,19,21,23,25). The molecule has 0 aliphatic heterocycles. The summed E-state index contributed by atoms with van der Waals surface area (Å²) in [6.07, 6.45) is 1.41. The Morgan fingerprint density at radius 2 is 1.92 bits per heavy atom. The van der Waals surface area contributed by atoms with E-state index in [1.165, 1.54) is 17.6 Å². The van der Waals surface area contributed by atoms with Crippen LogP contribution < -0.4 is 16.0 Å². The summed E-state index contributed by atoms with van der Waals surface area (Å²) in [4.78, 5) is 24.5. The normalized spacial score (nSPS) is 10.2. The second-order valence-electron chi connectivity index (χ2n) is 5.01. The van der Waals surface area contributed by atoms with Crippen molar-refractivity contribution in [2.45, 2.75) is 0 Å². The van der Waals surface area contributed by atoms with Crippen LogP contribution in [0.15, 0.2) is 58.5 Å². The molecule has 6 nitrogen and oxygen atoms in total. The van der Waals surface area contributed by atoms with Crippen LogP contribution in [0.3, 0.4) is 0 Å². The van der Waals surface area contributed by atoms with Gasteiger partial charge in [0, 0.05) is 5.69 Å². The average molecular weight is 406 g/mol. The lowest BCUT2D eigenvalue weighted by Crippen LogP contribution is -2.33. The topological polar surface area (TPSA) is 83.4 Å². The first-order valence-electron chi connectivity index (χ1n) is 7.33. The van der Waals surface area contributed by atoms with Gasteiger partial charge in [-0.25, -0.2) is 0 Å². The van der Waals surface area contributed by atoms with E-state index < -0.39 is 5.91 Å². The van der Waals surface area contributed by atoms with Crippen LogP contribution in [0.2, 0.25) is 5.02 Å². The lowest BCUT2D eigenvalue weighted by molar-refractivity contribution is 0.0978. The van der Waals surface area contributed by atoms with Crippen molar-refractivity contribution in [1.82, 2.24) is 5.32 Å². The average Bonchev–Trinajstić information content (AvgIpc) is 3.30. The summed E-state index contributed by atoms with van der Waals surface area (Å²) in [5.74, 6) is -0.511. The summed E-state index contributed by atoms with van der Waals surface area (Å²) in [6, 6.07) is 11.5. The summed E-state index contributed by atoms with van der Waals surface area (Å²) in [6.45, 7) is 0. The highest BCUT2D eigenvalue weighted by atomic mass is 35.5. The van der Waals surface area contributed by atoms with Crippen LogP contribution in [0, 0.1) is 0 Å². The first kappa shape index (κ1) is 18.1. The van der Waals surface area contributed by atoms with Gasteiger partial charge in [0.15, 0.2) is 10.9 Å². The molecule has 9 heteroatoms. The number of halogens is 1. The van der Waals surface area contributed by atoms with Crippen molar-refractivity contribution >= 4 is 63.5 Å². The van der Waals surface area contributed by atoms with Crippen molar-refractivity contribution in [2.75, 3.05) is 10.6 Å². The van der Waals surface area contributed by atoms with E-state index in [0.29, 0.717) is 21.3 Å². The number of amides is 2. The predicted octanol–water partition coefficient (Wildman–Crippen LogP) is 4.37. The Bertz CT molecular complexity index is 940. The smallest absolute Gasteiger partial charge is 0.291 e. The van der Waals surface area contributed by atoms with Gasteiger partial charge in [0.25, 0.3) is 11.8 Å². The Kier molecular flexibility index (Phi) is 5.67. The zero-order valence-electron chi connectivity index (χ0n) is 13.1. The molecule has 1 aromatic carbocycles. The van der Waals surface area contributed by atoms with Crippen molar-refractivity contribution in [3.63, 3.8) is 0 Å². The molecule has 26 heavy (non-hydrogen) atoms. The maximum atomic E-state index is 12.0. The molecule has 0 aliphatic carbocycles. The van der Waals surface area contributed by atoms with Crippen LogP contribution >= 0.6 is 35.2 Å². The third-order valence-electron chi connectivity index (χ3n) is 3.19. The minimum Gasteiger partial charge on any atom is -0.459 e. The molecule has 0 aliphatic rings. The Morgan fingerprint density at radius 1 is 1.08 bits per heavy atom. The van der Waals surface area contributed by atoms with Crippen LogP contribution in [0.5, 0.6) is 0 Å². The molecule has 2 amide bonds. The maximum Gasteiger partial charge on any atom is 0.291 e. The minimum atomic E-state index is -0.406. The number of thiocarbonyl (C=S) groups is 1. The summed E-state index contributed by atoms with van der Waals surface area (Å²) in [5, 5.41) is 10.4. The third-order valence-corrected chi connectivity index (χ3v) is 4.58. The number of hydrogen-bond donors (Lipinski definition) is 3. The SMILES string of the molecule is O=C(Nc1ccc(NC(=S)NC(=O)c2cccs2)cc1Cl)c1ccco1. The third kappa shape index (κ3) is 4.48. The molecule has 3 N–H and O–H groups in total. The Balaban J connectivity index is 1.61. The Labute approximate surface area is 163 Å². The molecule has 0 bridgehead atoms. The number of benzene rings is 1. The highest BCUT2D eigenvalue weighted by Crippen LogP contribution is 2.26. The number of carbonyl (C=O) groups excluding carboxylic acids is 2. The molecule has 0 unspecified atom stereocenters. The molecule has 0 saturated carbocycles. The first-order valence-corrected chi connectivity index (χ1v) is 9.00. The maximum absolute atomic E-state index is 12.0. The van der Waals surface area contributed by atoms with Crippen LogP contribution in [0.4, 0.5) is 11.4 Å².